The lowest BCUT2D eigenvalue weighted by atomic mass is 10.2. The molecule has 0 aliphatic rings. The second-order valence-corrected chi connectivity index (χ2v) is 5.45. The van der Waals surface area contributed by atoms with Crippen molar-refractivity contribution >= 4 is 15.7 Å². The molecule has 0 bridgehead atoms. The normalized spacial score (nSPS) is 11.7. The van der Waals surface area contributed by atoms with E-state index in [1.807, 2.05) is 0 Å². The van der Waals surface area contributed by atoms with Crippen LogP contribution in [0, 0.1) is 13.8 Å². The van der Waals surface area contributed by atoms with Gasteiger partial charge in [0, 0.05) is 0 Å². The molecule has 1 aromatic carbocycles. The Kier molecular flexibility index (Phi) is 2.83. The van der Waals surface area contributed by atoms with Crippen LogP contribution in [0.25, 0.3) is 5.69 Å². The molecule has 7 nitrogen and oxygen atoms in total. The van der Waals surface area contributed by atoms with Crippen molar-refractivity contribution in [2.75, 3.05) is 5.73 Å². The number of nitrogens with two attached hydrogens (primary N) is 2. The fourth-order valence-corrected chi connectivity index (χ4v) is 2.17. The highest BCUT2D eigenvalue weighted by molar-refractivity contribution is 7.89. The summed E-state index contributed by atoms with van der Waals surface area (Å²) in [5.74, 6) is 1.19. The second-order valence-electron chi connectivity index (χ2n) is 3.88. The van der Waals surface area contributed by atoms with Gasteiger partial charge < -0.3 is 5.73 Å². The standard InChI is InChI=1S/C10H13N5O2S/c1-6-13-7(2)15(14-6)10-5-8(18(12,16)17)3-4-9(10)11/h3-5H,11H2,1-2H3,(H2,12,16,17). The van der Waals surface area contributed by atoms with Gasteiger partial charge in [-0.1, -0.05) is 0 Å². The third-order valence-electron chi connectivity index (χ3n) is 2.43. The lowest BCUT2D eigenvalue weighted by Gasteiger charge is -2.08. The maximum Gasteiger partial charge on any atom is 0.238 e. The Morgan fingerprint density at radius 1 is 1.28 bits per heavy atom. The molecule has 0 aliphatic carbocycles. The minimum Gasteiger partial charge on any atom is -0.397 e. The Balaban J connectivity index is 2.68. The van der Waals surface area contributed by atoms with E-state index in [2.05, 4.69) is 10.1 Å². The van der Waals surface area contributed by atoms with Gasteiger partial charge >= 0.3 is 0 Å². The van der Waals surface area contributed by atoms with Crippen LogP contribution >= 0.6 is 0 Å². The molecule has 2 rings (SSSR count). The van der Waals surface area contributed by atoms with E-state index in [4.69, 9.17) is 10.9 Å². The van der Waals surface area contributed by atoms with Crippen molar-refractivity contribution in [1.29, 1.82) is 0 Å². The zero-order valence-electron chi connectivity index (χ0n) is 9.95. The summed E-state index contributed by atoms with van der Waals surface area (Å²) in [5.41, 5.74) is 6.66. The second kappa shape index (κ2) is 4.07. The van der Waals surface area contributed by atoms with Crippen LogP contribution in [-0.4, -0.2) is 23.2 Å². The Bertz CT molecular complexity index is 705. The summed E-state index contributed by atoms with van der Waals surface area (Å²) < 4.78 is 24.1. The van der Waals surface area contributed by atoms with E-state index in [1.165, 1.54) is 22.9 Å². The first-order valence-corrected chi connectivity index (χ1v) is 6.66. The molecule has 0 unspecified atom stereocenters. The largest absolute Gasteiger partial charge is 0.397 e. The van der Waals surface area contributed by atoms with Crippen LogP contribution in [0.5, 0.6) is 0 Å². The summed E-state index contributed by atoms with van der Waals surface area (Å²) >= 11 is 0. The minimum absolute atomic E-state index is 0.0146. The zero-order chi connectivity index (χ0) is 13.5. The maximum absolute atomic E-state index is 11.3. The number of aryl methyl sites for hydroxylation is 2. The van der Waals surface area contributed by atoms with Crippen molar-refractivity contribution in [2.45, 2.75) is 18.7 Å². The molecule has 1 heterocycles. The average Bonchev–Trinajstić information content (AvgIpc) is 2.56. The Morgan fingerprint density at radius 3 is 2.44 bits per heavy atom. The van der Waals surface area contributed by atoms with Gasteiger partial charge in [0.2, 0.25) is 10.0 Å². The number of sulfonamides is 1. The predicted molar refractivity (Wildman–Crippen MR) is 66.6 cm³/mol. The predicted octanol–water partition coefficient (Wildman–Crippen LogP) is 0.114. The van der Waals surface area contributed by atoms with Gasteiger partial charge in [-0.25, -0.2) is 23.2 Å². The van der Waals surface area contributed by atoms with Gasteiger partial charge in [0.1, 0.15) is 11.6 Å². The highest BCUT2D eigenvalue weighted by Crippen LogP contribution is 2.21. The van der Waals surface area contributed by atoms with E-state index in [1.54, 1.807) is 13.8 Å². The monoisotopic (exact) mass is 267 g/mol. The molecule has 96 valence electrons. The van der Waals surface area contributed by atoms with Crippen LogP contribution in [0.4, 0.5) is 5.69 Å². The molecule has 0 aliphatic heterocycles. The summed E-state index contributed by atoms with van der Waals surface area (Å²) in [6, 6.07) is 4.21. The van der Waals surface area contributed by atoms with Crippen molar-refractivity contribution in [3.8, 4) is 5.69 Å². The van der Waals surface area contributed by atoms with Crippen LogP contribution in [-0.2, 0) is 10.0 Å². The molecule has 0 amide bonds. The molecule has 8 heteroatoms. The van der Waals surface area contributed by atoms with Crippen LogP contribution in [0.1, 0.15) is 11.6 Å². The number of anilines is 1. The molecular weight excluding hydrogens is 254 g/mol. The summed E-state index contributed by atoms with van der Waals surface area (Å²) in [6.07, 6.45) is 0. The zero-order valence-corrected chi connectivity index (χ0v) is 10.8. The highest BCUT2D eigenvalue weighted by atomic mass is 32.2. The lowest BCUT2D eigenvalue weighted by Crippen LogP contribution is -2.13. The minimum atomic E-state index is -3.77. The van der Waals surface area contributed by atoms with Crippen molar-refractivity contribution in [1.82, 2.24) is 14.8 Å². The first kappa shape index (κ1) is 12.5. The fourth-order valence-electron chi connectivity index (χ4n) is 1.63. The molecule has 0 atom stereocenters. The number of nitrogens with zero attached hydrogens (tertiary/aromatic N) is 3. The van der Waals surface area contributed by atoms with Gasteiger partial charge in [0.25, 0.3) is 0 Å². The van der Waals surface area contributed by atoms with E-state index in [9.17, 15) is 8.42 Å². The van der Waals surface area contributed by atoms with Crippen molar-refractivity contribution < 1.29 is 8.42 Å². The van der Waals surface area contributed by atoms with Gasteiger partial charge in [0.15, 0.2) is 0 Å². The van der Waals surface area contributed by atoms with Crippen LogP contribution < -0.4 is 10.9 Å². The van der Waals surface area contributed by atoms with Gasteiger partial charge in [0.05, 0.1) is 16.3 Å². The van der Waals surface area contributed by atoms with E-state index in [-0.39, 0.29) is 4.90 Å². The fraction of sp³-hybridized carbons (Fsp3) is 0.200. The van der Waals surface area contributed by atoms with E-state index in [0.717, 1.165) is 0 Å². The molecule has 1 aromatic heterocycles. The third-order valence-corrected chi connectivity index (χ3v) is 3.34. The number of benzene rings is 1. The first-order chi connectivity index (χ1) is 8.29. The topological polar surface area (TPSA) is 117 Å². The van der Waals surface area contributed by atoms with Crippen molar-refractivity contribution in [3.63, 3.8) is 0 Å². The molecule has 18 heavy (non-hydrogen) atoms. The Hall–Kier alpha value is -1.93. The number of aromatic nitrogens is 3. The molecule has 0 radical (unpaired) electrons. The maximum atomic E-state index is 11.3. The van der Waals surface area contributed by atoms with E-state index < -0.39 is 10.0 Å². The number of primary sulfonamides is 1. The molecule has 4 N–H and O–H groups in total. The summed E-state index contributed by atoms with van der Waals surface area (Å²) in [5, 5.41) is 9.24. The van der Waals surface area contributed by atoms with Gasteiger partial charge in [-0.3, -0.25) is 0 Å². The molecule has 2 aromatic rings. The third kappa shape index (κ3) is 2.20. The number of nitrogen functional groups attached to an aromatic ring is 1. The van der Waals surface area contributed by atoms with Gasteiger partial charge in [-0.15, -0.1) is 0 Å². The van der Waals surface area contributed by atoms with E-state index in [0.29, 0.717) is 23.0 Å². The Labute approximate surface area is 104 Å². The average molecular weight is 267 g/mol. The van der Waals surface area contributed by atoms with Crippen LogP contribution in [0.3, 0.4) is 0 Å². The number of hydrogen-bond acceptors (Lipinski definition) is 5. The molecule has 0 spiro atoms. The summed E-state index contributed by atoms with van der Waals surface area (Å²) in [7, 11) is -3.77. The van der Waals surface area contributed by atoms with Crippen LogP contribution in [0.2, 0.25) is 0 Å². The summed E-state index contributed by atoms with van der Waals surface area (Å²) in [6.45, 7) is 3.49. The van der Waals surface area contributed by atoms with Crippen molar-refractivity contribution in [2.24, 2.45) is 5.14 Å². The Morgan fingerprint density at radius 2 is 1.94 bits per heavy atom. The van der Waals surface area contributed by atoms with Crippen molar-refractivity contribution in [3.05, 3.63) is 29.8 Å². The van der Waals surface area contributed by atoms with Gasteiger partial charge in [-0.2, -0.15) is 5.10 Å². The quantitative estimate of drug-likeness (QED) is 0.749. The molecular formula is C10H13N5O2S. The summed E-state index contributed by atoms with van der Waals surface area (Å²) in [4.78, 5) is 4.12. The molecule has 0 saturated heterocycles. The molecule has 0 fully saturated rings. The smallest absolute Gasteiger partial charge is 0.238 e. The SMILES string of the molecule is Cc1nc(C)n(-c2cc(S(N)(=O)=O)ccc2N)n1. The first-order valence-electron chi connectivity index (χ1n) is 5.12. The highest BCUT2D eigenvalue weighted by Gasteiger charge is 2.14. The number of rotatable bonds is 2. The molecule has 0 saturated carbocycles. The van der Waals surface area contributed by atoms with Crippen LogP contribution in [0.15, 0.2) is 23.1 Å². The number of hydrogen-bond donors (Lipinski definition) is 2. The van der Waals surface area contributed by atoms with Gasteiger partial charge in [-0.05, 0) is 32.0 Å². The van der Waals surface area contributed by atoms with E-state index >= 15 is 0 Å². The lowest BCUT2D eigenvalue weighted by molar-refractivity contribution is 0.597.